The van der Waals surface area contributed by atoms with Crippen molar-refractivity contribution in [3.63, 3.8) is 0 Å². The Bertz CT molecular complexity index is 370. The van der Waals surface area contributed by atoms with E-state index in [1.165, 1.54) is 31.4 Å². The fourth-order valence-electron chi connectivity index (χ4n) is 2.99. The SMILES string of the molecule is ClC1CCN(Cc2ccn(C3CCCC3)n2)C1. The number of rotatable bonds is 3. The molecule has 1 atom stereocenters. The number of nitrogens with zero attached hydrogens (tertiary/aromatic N) is 3. The summed E-state index contributed by atoms with van der Waals surface area (Å²) in [6, 6.07) is 2.82. The van der Waals surface area contributed by atoms with Gasteiger partial charge >= 0.3 is 0 Å². The van der Waals surface area contributed by atoms with Crippen molar-refractivity contribution < 1.29 is 0 Å². The summed E-state index contributed by atoms with van der Waals surface area (Å²) < 4.78 is 2.18. The summed E-state index contributed by atoms with van der Waals surface area (Å²) in [7, 11) is 0. The minimum atomic E-state index is 0.340. The molecular formula is C13H20ClN3. The summed E-state index contributed by atoms with van der Waals surface area (Å²) in [5.74, 6) is 0. The predicted molar refractivity (Wildman–Crippen MR) is 69.3 cm³/mol. The average molecular weight is 254 g/mol. The van der Waals surface area contributed by atoms with E-state index >= 15 is 0 Å². The maximum Gasteiger partial charge on any atom is 0.0764 e. The van der Waals surface area contributed by atoms with Crippen LogP contribution in [0.2, 0.25) is 0 Å². The standard InChI is InChI=1S/C13H20ClN3/c14-11-5-7-16(9-11)10-12-6-8-17(15-12)13-3-1-2-4-13/h6,8,11,13H,1-5,7,9-10H2. The Hall–Kier alpha value is -0.540. The summed E-state index contributed by atoms with van der Waals surface area (Å²) in [5, 5.41) is 5.05. The van der Waals surface area contributed by atoms with Gasteiger partial charge in [-0.25, -0.2) is 0 Å². The minimum Gasteiger partial charge on any atom is -0.296 e. The number of likely N-dealkylation sites (tertiary alicyclic amines) is 1. The molecule has 1 aromatic rings. The van der Waals surface area contributed by atoms with Crippen LogP contribution in [0, 0.1) is 0 Å². The van der Waals surface area contributed by atoms with Crippen LogP contribution in [-0.4, -0.2) is 33.1 Å². The first-order chi connectivity index (χ1) is 8.31. The fourth-order valence-corrected chi connectivity index (χ4v) is 3.28. The molecular weight excluding hydrogens is 234 g/mol. The predicted octanol–water partition coefficient (Wildman–Crippen LogP) is 2.81. The van der Waals surface area contributed by atoms with Crippen LogP contribution in [0.1, 0.15) is 43.8 Å². The van der Waals surface area contributed by atoms with E-state index in [1.807, 2.05) is 0 Å². The van der Waals surface area contributed by atoms with Crippen molar-refractivity contribution in [1.29, 1.82) is 0 Å². The van der Waals surface area contributed by atoms with Gasteiger partial charge in [0.15, 0.2) is 0 Å². The van der Waals surface area contributed by atoms with E-state index in [-0.39, 0.29) is 0 Å². The first-order valence-corrected chi connectivity index (χ1v) is 7.15. The van der Waals surface area contributed by atoms with Gasteiger partial charge in [-0.1, -0.05) is 12.8 Å². The number of aromatic nitrogens is 2. The first kappa shape index (κ1) is 11.5. The highest BCUT2D eigenvalue weighted by atomic mass is 35.5. The van der Waals surface area contributed by atoms with Crippen LogP contribution in [0.5, 0.6) is 0 Å². The Kier molecular flexibility index (Phi) is 3.39. The quantitative estimate of drug-likeness (QED) is 0.773. The molecule has 0 spiro atoms. The third-order valence-corrected chi connectivity index (χ3v) is 4.32. The molecule has 17 heavy (non-hydrogen) atoms. The van der Waals surface area contributed by atoms with Crippen LogP contribution in [0.3, 0.4) is 0 Å². The third kappa shape index (κ3) is 2.66. The Morgan fingerprint density at radius 2 is 2.12 bits per heavy atom. The van der Waals surface area contributed by atoms with E-state index in [4.69, 9.17) is 16.7 Å². The molecule has 1 aliphatic carbocycles. The van der Waals surface area contributed by atoms with E-state index in [2.05, 4.69) is 21.8 Å². The molecule has 4 heteroatoms. The molecule has 2 fully saturated rings. The molecule has 1 unspecified atom stereocenters. The van der Waals surface area contributed by atoms with Crippen molar-refractivity contribution in [2.75, 3.05) is 13.1 Å². The van der Waals surface area contributed by atoms with Crippen LogP contribution in [0.4, 0.5) is 0 Å². The minimum absolute atomic E-state index is 0.340. The molecule has 2 aliphatic rings. The van der Waals surface area contributed by atoms with E-state index < -0.39 is 0 Å². The molecule has 2 heterocycles. The second kappa shape index (κ2) is 4.99. The monoisotopic (exact) mass is 253 g/mol. The first-order valence-electron chi connectivity index (χ1n) is 6.72. The van der Waals surface area contributed by atoms with Gasteiger partial charge in [-0.3, -0.25) is 9.58 Å². The third-order valence-electron chi connectivity index (χ3n) is 3.96. The van der Waals surface area contributed by atoms with Gasteiger partial charge in [0.05, 0.1) is 11.7 Å². The summed E-state index contributed by atoms with van der Waals surface area (Å²) in [4.78, 5) is 2.40. The van der Waals surface area contributed by atoms with Gasteiger partial charge in [-0.05, 0) is 25.3 Å². The average Bonchev–Trinajstić information content (AvgIpc) is 3.00. The summed E-state index contributed by atoms with van der Waals surface area (Å²) in [6.07, 6.45) is 8.59. The molecule has 0 aromatic carbocycles. The zero-order chi connectivity index (χ0) is 11.7. The molecule has 3 rings (SSSR count). The van der Waals surface area contributed by atoms with Crippen molar-refractivity contribution >= 4 is 11.6 Å². The lowest BCUT2D eigenvalue weighted by molar-refractivity contribution is 0.324. The van der Waals surface area contributed by atoms with Gasteiger partial charge in [-0.2, -0.15) is 5.10 Å². The Morgan fingerprint density at radius 1 is 1.29 bits per heavy atom. The van der Waals surface area contributed by atoms with Crippen LogP contribution < -0.4 is 0 Å². The van der Waals surface area contributed by atoms with Gasteiger partial charge in [0.1, 0.15) is 0 Å². The van der Waals surface area contributed by atoms with Crippen LogP contribution >= 0.6 is 11.6 Å². The molecule has 3 nitrogen and oxygen atoms in total. The maximum absolute atomic E-state index is 6.11. The van der Waals surface area contributed by atoms with Crippen molar-refractivity contribution in [2.24, 2.45) is 0 Å². The smallest absolute Gasteiger partial charge is 0.0764 e. The highest BCUT2D eigenvalue weighted by Gasteiger charge is 2.22. The number of alkyl halides is 1. The number of hydrogen-bond acceptors (Lipinski definition) is 2. The zero-order valence-corrected chi connectivity index (χ0v) is 10.9. The highest BCUT2D eigenvalue weighted by molar-refractivity contribution is 6.20. The molecule has 1 aromatic heterocycles. The summed E-state index contributed by atoms with van der Waals surface area (Å²) >= 11 is 6.11. The molecule has 94 valence electrons. The van der Waals surface area contributed by atoms with E-state index in [0.29, 0.717) is 11.4 Å². The van der Waals surface area contributed by atoms with E-state index in [0.717, 1.165) is 26.1 Å². The van der Waals surface area contributed by atoms with Crippen molar-refractivity contribution in [3.8, 4) is 0 Å². The molecule has 0 amide bonds. The molecule has 1 saturated carbocycles. The molecule has 0 bridgehead atoms. The Morgan fingerprint density at radius 3 is 2.82 bits per heavy atom. The number of hydrogen-bond donors (Lipinski definition) is 0. The molecule has 1 aliphatic heterocycles. The van der Waals surface area contributed by atoms with Gasteiger partial charge in [0.2, 0.25) is 0 Å². The lowest BCUT2D eigenvalue weighted by Crippen LogP contribution is -2.20. The largest absolute Gasteiger partial charge is 0.296 e. The number of halogens is 1. The van der Waals surface area contributed by atoms with Crippen LogP contribution in [0.25, 0.3) is 0 Å². The zero-order valence-electron chi connectivity index (χ0n) is 10.2. The van der Waals surface area contributed by atoms with Crippen molar-refractivity contribution in [3.05, 3.63) is 18.0 Å². The van der Waals surface area contributed by atoms with Gasteiger partial charge < -0.3 is 0 Å². The Labute approximate surface area is 108 Å². The van der Waals surface area contributed by atoms with Crippen LogP contribution in [0.15, 0.2) is 12.3 Å². The fraction of sp³-hybridized carbons (Fsp3) is 0.769. The van der Waals surface area contributed by atoms with Crippen LogP contribution in [-0.2, 0) is 6.54 Å². The summed E-state index contributed by atoms with van der Waals surface area (Å²) in [6.45, 7) is 3.09. The molecule has 1 saturated heterocycles. The lowest BCUT2D eigenvalue weighted by Gasteiger charge is -2.13. The topological polar surface area (TPSA) is 21.1 Å². The highest BCUT2D eigenvalue weighted by Crippen LogP contribution is 2.28. The maximum atomic E-state index is 6.11. The van der Waals surface area contributed by atoms with Gasteiger partial charge in [0, 0.05) is 31.2 Å². The molecule has 0 N–H and O–H groups in total. The van der Waals surface area contributed by atoms with E-state index in [1.54, 1.807) is 0 Å². The normalized spacial score (nSPS) is 27.0. The van der Waals surface area contributed by atoms with Crippen molar-refractivity contribution in [1.82, 2.24) is 14.7 Å². The van der Waals surface area contributed by atoms with Gasteiger partial charge in [-0.15, -0.1) is 11.6 Å². The van der Waals surface area contributed by atoms with E-state index in [9.17, 15) is 0 Å². The molecule has 0 radical (unpaired) electrons. The van der Waals surface area contributed by atoms with Gasteiger partial charge in [0.25, 0.3) is 0 Å². The summed E-state index contributed by atoms with van der Waals surface area (Å²) in [5.41, 5.74) is 1.20. The Balaban J connectivity index is 1.60. The lowest BCUT2D eigenvalue weighted by atomic mass is 10.3. The second-order valence-electron chi connectivity index (χ2n) is 5.35. The second-order valence-corrected chi connectivity index (χ2v) is 5.96. The van der Waals surface area contributed by atoms with Crippen molar-refractivity contribution in [2.45, 2.75) is 50.1 Å².